The molecule has 1 fully saturated rings. The molecule has 8 nitrogen and oxygen atoms in total. The van der Waals surface area contributed by atoms with Crippen molar-refractivity contribution in [3.63, 3.8) is 0 Å². The quantitative estimate of drug-likeness (QED) is 0.851. The van der Waals surface area contributed by atoms with Crippen LogP contribution in [0.4, 0.5) is 0 Å². The molecule has 1 saturated heterocycles. The molecule has 134 valence electrons. The fraction of sp³-hybridized carbons (Fsp3) is 0.571. The summed E-state index contributed by atoms with van der Waals surface area (Å²) in [6.45, 7) is 6.03. The minimum atomic E-state index is -3.66. The first-order valence-electron chi connectivity index (χ1n) is 7.68. The number of imidazole rings is 2. The Morgan fingerprint density at radius 1 is 1.42 bits per heavy atom. The highest BCUT2D eigenvalue weighted by Crippen LogP contribution is 2.27. The van der Waals surface area contributed by atoms with E-state index in [4.69, 9.17) is 0 Å². The van der Waals surface area contributed by atoms with Gasteiger partial charge in [-0.15, -0.1) is 12.4 Å². The van der Waals surface area contributed by atoms with Gasteiger partial charge in [0, 0.05) is 51.8 Å². The van der Waals surface area contributed by atoms with Crippen LogP contribution in [-0.4, -0.2) is 51.5 Å². The first-order valence-corrected chi connectivity index (χ1v) is 9.12. The van der Waals surface area contributed by atoms with Crippen molar-refractivity contribution in [2.24, 2.45) is 7.05 Å². The molecule has 2 aromatic heterocycles. The zero-order valence-electron chi connectivity index (χ0n) is 14.0. The van der Waals surface area contributed by atoms with Crippen molar-refractivity contribution in [2.75, 3.05) is 19.6 Å². The topological polar surface area (TPSA) is 85.0 Å². The number of hydrogen-bond acceptors (Lipinski definition) is 5. The van der Waals surface area contributed by atoms with Gasteiger partial charge in [-0.1, -0.05) is 0 Å². The molecular formula is C14H23ClN6O2S. The van der Waals surface area contributed by atoms with Crippen molar-refractivity contribution in [3.8, 4) is 0 Å². The lowest BCUT2D eigenvalue weighted by Crippen LogP contribution is -2.49. The smallest absolute Gasteiger partial charge is 0.262 e. The van der Waals surface area contributed by atoms with E-state index in [-0.39, 0.29) is 23.5 Å². The molecule has 0 aliphatic carbocycles. The number of nitrogens with zero attached hydrogens (tertiary/aromatic N) is 5. The van der Waals surface area contributed by atoms with Crippen molar-refractivity contribution >= 4 is 22.4 Å². The van der Waals surface area contributed by atoms with Gasteiger partial charge >= 0.3 is 0 Å². The van der Waals surface area contributed by atoms with Gasteiger partial charge in [-0.2, -0.15) is 4.31 Å². The Balaban J connectivity index is 0.00000208. The summed E-state index contributed by atoms with van der Waals surface area (Å²) >= 11 is 0. The zero-order valence-corrected chi connectivity index (χ0v) is 15.6. The lowest BCUT2D eigenvalue weighted by molar-refractivity contribution is 0.257. The van der Waals surface area contributed by atoms with Crippen molar-refractivity contribution in [1.29, 1.82) is 0 Å². The van der Waals surface area contributed by atoms with Gasteiger partial charge in [0.15, 0.2) is 5.03 Å². The Morgan fingerprint density at radius 2 is 2.17 bits per heavy atom. The number of halogens is 1. The van der Waals surface area contributed by atoms with Crippen LogP contribution < -0.4 is 5.32 Å². The van der Waals surface area contributed by atoms with E-state index in [0.717, 1.165) is 5.82 Å². The summed E-state index contributed by atoms with van der Waals surface area (Å²) in [5.74, 6) is 1.43. The number of aromatic nitrogens is 4. The molecule has 3 rings (SSSR count). The maximum Gasteiger partial charge on any atom is 0.262 e. The number of rotatable bonds is 4. The molecule has 1 atom stereocenters. The molecule has 0 bridgehead atoms. The summed E-state index contributed by atoms with van der Waals surface area (Å²) in [4.78, 5) is 8.58. The van der Waals surface area contributed by atoms with E-state index >= 15 is 0 Å². The Labute approximate surface area is 148 Å². The van der Waals surface area contributed by atoms with Crippen LogP contribution in [0.15, 0.2) is 23.6 Å². The SMILES string of the molecule is CCn1cc(S(=O)(=O)N2CCNCC2c2nccn2C)nc1C.Cl. The van der Waals surface area contributed by atoms with Crippen LogP contribution >= 0.6 is 12.4 Å². The highest BCUT2D eigenvalue weighted by atomic mass is 35.5. The fourth-order valence-electron chi connectivity index (χ4n) is 2.94. The third-order valence-corrected chi connectivity index (χ3v) is 6.00. The monoisotopic (exact) mass is 374 g/mol. The van der Waals surface area contributed by atoms with E-state index in [0.29, 0.717) is 32.0 Å². The van der Waals surface area contributed by atoms with Gasteiger partial charge in [0.2, 0.25) is 0 Å². The molecule has 10 heteroatoms. The predicted molar refractivity (Wildman–Crippen MR) is 92.6 cm³/mol. The number of sulfonamides is 1. The average Bonchev–Trinajstić information content (AvgIpc) is 3.13. The van der Waals surface area contributed by atoms with Crippen molar-refractivity contribution < 1.29 is 8.42 Å². The van der Waals surface area contributed by atoms with Crippen molar-refractivity contribution in [2.45, 2.75) is 31.5 Å². The minimum Gasteiger partial charge on any atom is -0.337 e. The number of nitrogens with one attached hydrogen (secondary N) is 1. The fourth-order valence-corrected chi connectivity index (χ4v) is 4.52. The Hall–Kier alpha value is -1.42. The molecule has 2 aromatic rings. The first kappa shape index (κ1) is 18.9. The van der Waals surface area contributed by atoms with Gasteiger partial charge in [-0.05, 0) is 13.8 Å². The van der Waals surface area contributed by atoms with Crippen LogP contribution in [0.3, 0.4) is 0 Å². The second-order valence-electron chi connectivity index (χ2n) is 5.64. The third-order valence-electron chi connectivity index (χ3n) is 4.22. The summed E-state index contributed by atoms with van der Waals surface area (Å²) in [6, 6.07) is -0.333. The van der Waals surface area contributed by atoms with Crippen LogP contribution in [0.2, 0.25) is 0 Å². The molecule has 0 spiro atoms. The van der Waals surface area contributed by atoms with Crippen LogP contribution in [-0.2, 0) is 23.6 Å². The maximum atomic E-state index is 13.1. The van der Waals surface area contributed by atoms with Crippen molar-refractivity contribution in [3.05, 3.63) is 30.2 Å². The molecule has 0 aromatic carbocycles. The summed E-state index contributed by atoms with van der Waals surface area (Å²) in [5, 5.41) is 3.36. The van der Waals surface area contributed by atoms with E-state index in [1.807, 2.05) is 36.2 Å². The van der Waals surface area contributed by atoms with E-state index in [1.54, 1.807) is 12.4 Å². The maximum absolute atomic E-state index is 13.1. The molecule has 0 amide bonds. The number of aryl methyl sites for hydroxylation is 3. The zero-order chi connectivity index (χ0) is 16.6. The van der Waals surface area contributed by atoms with Crippen LogP contribution in [0, 0.1) is 6.92 Å². The second-order valence-corrected chi connectivity index (χ2v) is 7.48. The lowest BCUT2D eigenvalue weighted by atomic mass is 10.2. The highest BCUT2D eigenvalue weighted by Gasteiger charge is 2.37. The molecular weight excluding hydrogens is 352 g/mol. The minimum absolute atomic E-state index is 0. The summed E-state index contributed by atoms with van der Waals surface area (Å²) in [6.07, 6.45) is 5.12. The molecule has 0 radical (unpaired) electrons. The van der Waals surface area contributed by atoms with E-state index in [9.17, 15) is 8.42 Å². The Kier molecular flexibility index (Phi) is 5.69. The Morgan fingerprint density at radius 3 is 2.75 bits per heavy atom. The molecule has 24 heavy (non-hydrogen) atoms. The normalized spacial score (nSPS) is 19.2. The van der Waals surface area contributed by atoms with E-state index in [2.05, 4.69) is 15.3 Å². The van der Waals surface area contributed by atoms with E-state index < -0.39 is 10.0 Å². The van der Waals surface area contributed by atoms with Crippen LogP contribution in [0.1, 0.15) is 24.6 Å². The molecule has 1 N–H and O–H groups in total. The van der Waals surface area contributed by atoms with Gasteiger partial charge in [-0.3, -0.25) is 0 Å². The lowest BCUT2D eigenvalue weighted by Gasteiger charge is -2.34. The highest BCUT2D eigenvalue weighted by molar-refractivity contribution is 7.89. The van der Waals surface area contributed by atoms with Crippen molar-refractivity contribution in [1.82, 2.24) is 28.7 Å². The average molecular weight is 375 g/mol. The van der Waals surface area contributed by atoms with Gasteiger partial charge in [0.1, 0.15) is 11.6 Å². The molecule has 3 heterocycles. The second kappa shape index (κ2) is 7.22. The third kappa shape index (κ3) is 3.21. The largest absolute Gasteiger partial charge is 0.337 e. The molecule has 0 saturated carbocycles. The standard InChI is InChI=1S/C14H22N6O2S.ClH/c1-4-19-10-13(17-11(19)2)23(21,22)20-8-5-15-9-12(20)14-16-6-7-18(14)3;/h6-7,10,12,15H,4-5,8-9H2,1-3H3;1H. The molecule has 1 aliphatic heterocycles. The van der Waals surface area contributed by atoms with Gasteiger partial charge in [-0.25, -0.2) is 18.4 Å². The number of hydrogen-bond donors (Lipinski definition) is 1. The van der Waals surface area contributed by atoms with Crippen LogP contribution in [0.25, 0.3) is 0 Å². The van der Waals surface area contributed by atoms with Gasteiger partial charge < -0.3 is 14.5 Å². The van der Waals surface area contributed by atoms with Gasteiger partial charge in [0.25, 0.3) is 10.0 Å². The number of piperazine rings is 1. The Bertz CT molecular complexity index is 800. The predicted octanol–water partition coefficient (Wildman–Crippen LogP) is 0.702. The first-order chi connectivity index (χ1) is 10.9. The van der Waals surface area contributed by atoms with E-state index in [1.165, 1.54) is 4.31 Å². The van der Waals surface area contributed by atoms with Gasteiger partial charge in [0.05, 0.1) is 6.04 Å². The van der Waals surface area contributed by atoms with Crippen LogP contribution in [0.5, 0.6) is 0 Å². The summed E-state index contributed by atoms with van der Waals surface area (Å²) in [5.41, 5.74) is 0. The molecule has 1 aliphatic rings. The summed E-state index contributed by atoms with van der Waals surface area (Å²) in [7, 11) is -1.78. The molecule has 1 unspecified atom stereocenters. The summed E-state index contributed by atoms with van der Waals surface area (Å²) < 4.78 is 31.3.